The third-order valence-corrected chi connectivity index (χ3v) is 5.94. The largest absolute Gasteiger partial charge is 0.501 e. The average Bonchev–Trinajstić information content (AvgIpc) is 2.42. The van der Waals surface area contributed by atoms with Crippen molar-refractivity contribution in [3.63, 3.8) is 0 Å². The summed E-state index contributed by atoms with van der Waals surface area (Å²) in [6.07, 6.45) is 3.97. The van der Waals surface area contributed by atoms with Crippen LogP contribution in [0.2, 0.25) is 6.04 Å². The first-order chi connectivity index (χ1) is 9.99. The van der Waals surface area contributed by atoms with Crippen molar-refractivity contribution in [2.45, 2.75) is 59.1 Å². The third-order valence-electron chi connectivity index (χ3n) is 2.68. The van der Waals surface area contributed by atoms with Crippen LogP contribution in [0.15, 0.2) is 12.7 Å². The zero-order valence-corrected chi connectivity index (χ0v) is 14.9. The van der Waals surface area contributed by atoms with Crippen LogP contribution >= 0.6 is 0 Å². The lowest BCUT2D eigenvalue weighted by Gasteiger charge is -2.30. The molecular formula is C15H30O5Si. The number of hydrogen-bond donors (Lipinski definition) is 0. The third kappa shape index (κ3) is 9.79. The van der Waals surface area contributed by atoms with Gasteiger partial charge in [0.1, 0.15) is 0 Å². The molecule has 0 aliphatic carbocycles. The molecule has 0 aliphatic rings. The molecule has 0 radical (unpaired) electrons. The van der Waals surface area contributed by atoms with E-state index in [1.165, 1.54) is 6.08 Å². The quantitative estimate of drug-likeness (QED) is 0.226. The van der Waals surface area contributed by atoms with Crippen molar-refractivity contribution in [1.29, 1.82) is 0 Å². The van der Waals surface area contributed by atoms with E-state index in [4.69, 9.17) is 18.0 Å². The Morgan fingerprint density at radius 3 is 2.24 bits per heavy atom. The fourth-order valence-electron chi connectivity index (χ4n) is 1.96. The molecule has 5 nitrogen and oxygen atoms in total. The van der Waals surface area contributed by atoms with E-state index in [2.05, 4.69) is 6.58 Å². The predicted octanol–water partition coefficient (Wildman–Crippen LogP) is 3.32. The summed E-state index contributed by atoms with van der Waals surface area (Å²) >= 11 is 0. The molecule has 0 amide bonds. The fourth-order valence-corrected chi connectivity index (χ4v) is 4.87. The summed E-state index contributed by atoms with van der Waals surface area (Å²) < 4.78 is 22.6. The van der Waals surface area contributed by atoms with E-state index in [9.17, 15) is 4.79 Å². The van der Waals surface area contributed by atoms with Crippen LogP contribution in [0.25, 0.3) is 0 Å². The van der Waals surface area contributed by atoms with Crippen LogP contribution in [0.3, 0.4) is 0 Å². The maximum Gasteiger partial charge on any atom is 0.501 e. The molecule has 0 aromatic heterocycles. The topological polar surface area (TPSA) is 54.0 Å². The molecule has 21 heavy (non-hydrogen) atoms. The van der Waals surface area contributed by atoms with E-state index in [0.29, 0.717) is 19.8 Å². The van der Waals surface area contributed by atoms with Gasteiger partial charge in [0.25, 0.3) is 0 Å². The lowest BCUT2D eigenvalue weighted by molar-refractivity contribution is -0.137. The van der Waals surface area contributed by atoms with Crippen LogP contribution in [-0.4, -0.2) is 40.7 Å². The van der Waals surface area contributed by atoms with Crippen molar-refractivity contribution in [3.8, 4) is 0 Å². The van der Waals surface area contributed by atoms with E-state index < -0.39 is 8.80 Å². The van der Waals surface area contributed by atoms with Crippen molar-refractivity contribution in [2.24, 2.45) is 0 Å². The van der Waals surface area contributed by atoms with Gasteiger partial charge in [-0.2, -0.15) is 0 Å². The molecule has 6 heteroatoms. The maximum absolute atomic E-state index is 10.9. The second kappa shape index (κ2) is 11.9. The van der Waals surface area contributed by atoms with Gasteiger partial charge in [0.2, 0.25) is 0 Å². The summed E-state index contributed by atoms with van der Waals surface area (Å²) in [5.74, 6) is -0.370. The standard InChI is InChI=1S/C15H30O5Si/c1-6-15(16)17-12-10-9-11-13-21(18-7-2,19-8-3)20-14(4)5/h6,14H,1,7-13H2,2-5H3. The van der Waals surface area contributed by atoms with Gasteiger partial charge in [-0.15, -0.1) is 0 Å². The van der Waals surface area contributed by atoms with Gasteiger partial charge < -0.3 is 18.0 Å². The number of carbonyl (C=O) groups is 1. The normalized spacial score (nSPS) is 11.7. The Morgan fingerprint density at radius 1 is 1.14 bits per heavy atom. The van der Waals surface area contributed by atoms with Gasteiger partial charge in [-0.05, 0) is 40.5 Å². The molecule has 0 rings (SSSR count). The molecule has 0 N–H and O–H groups in total. The van der Waals surface area contributed by atoms with E-state index >= 15 is 0 Å². The summed E-state index contributed by atoms with van der Waals surface area (Å²) in [6.45, 7) is 12.9. The number of carbonyl (C=O) groups excluding carboxylic acids is 1. The molecular weight excluding hydrogens is 288 g/mol. The lowest BCUT2D eigenvalue weighted by Crippen LogP contribution is -2.47. The van der Waals surface area contributed by atoms with E-state index in [1.807, 2.05) is 27.7 Å². The van der Waals surface area contributed by atoms with Crippen LogP contribution in [0.1, 0.15) is 47.0 Å². The Hall–Kier alpha value is -0.693. The Balaban J connectivity index is 4.15. The molecule has 0 unspecified atom stereocenters. The maximum atomic E-state index is 10.9. The zero-order chi connectivity index (χ0) is 16.1. The predicted molar refractivity (Wildman–Crippen MR) is 85.0 cm³/mol. The monoisotopic (exact) mass is 318 g/mol. The first-order valence-electron chi connectivity index (χ1n) is 7.74. The molecule has 0 aromatic rings. The molecule has 0 spiro atoms. The van der Waals surface area contributed by atoms with Gasteiger partial charge in [0.05, 0.1) is 6.61 Å². The molecule has 0 aromatic carbocycles. The molecule has 0 heterocycles. The van der Waals surface area contributed by atoms with Crippen molar-refractivity contribution in [1.82, 2.24) is 0 Å². The second-order valence-electron chi connectivity index (χ2n) is 4.90. The van der Waals surface area contributed by atoms with Gasteiger partial charge in [0.15, 0.2) is 0 Å². The van der Waals surface area contributed by atoms with Crippen LogP contribution < -0.4 is 0 Å². The van der Waals surface area contributed by atoms with Crippen LogP contribution in [0.5, 0.6) is 0 Å². The summed E-state index contributed by atoms with van der Waals surface area (Å²) in [5.41, 5.74) is 0. The molecule has 124 valence electrons. The SMILES string of the molecule is C=CC(=O)OCCCCC[Si](OCC)(OCC)OC(C)C. The van der Waals surface area contributed by atoms with Gasteiger partial charge >= 0.3 is 14.8 Å². The molecule has 0 aliphatic heterocycles. The minimum Gasteiger partial charge on any atom is -0.463 e. The highest BCUT2D eigenvalue weighted by Crippen LogP contribution is 2.21. The van der Waals surface area contributed by atoms with Crippen LogP contribution in [0, 0.1) is 0 Å². The first-order valence-corrected chi connectivity index (χ1v) is 9.67. The number of rotatable bonds is 13. The summed E-state index contributed by atoms with van der Waals surface area (Å²) in [5, 5.41) is 0. The Kier molecular flexibility index (Phi) is 11.5. The Morgan fingerprint density at radius 2 is 1.76 bits per heavy atom. The molecule has 0 saturated carbocycles. The highest BCUT2D eigenvalue weighted by Gasteiger charge is 2.40. The summed E-state index contributed by atoms with van der Waals surface area (Å²) in [4.78, 5) is 10.9. The van der Waals surface area contributed by atoms with E-state index in [1.54, 1.807) is 0 Å². The molecule has 0 atom stereocenters. The molecule has 0 saturated heterocycles. The summed E-state index contributed by atoms with van der Waals surface area (Å²) in [7, 11) is -2.57. The van der Waals surface area contributed by atoms with Gasteiger partial charge in [-0.1, -0.05) is 13.0 Å². The van der Waals surface area contributed by atoms with Crippen molar-refractivity contribution >= 4 is 14.8 Å². The van der Waals surface area contributed by atoms with Gasteiger partial charge in [-0.3, -0.25) is 0 Å². The van der Waals surface area contributed by atoms with Gasteiger partial charge in [0, 0.05) is 31.4 Å². The Bertz CT molecular complexity index is 288. The average molecular weight is 318 g/mol. The minimum absolute atomic E-state index is 0.0864. The van der Waals surface area contributed by atoms with Crippen LogP contribution in [0.4, 0.5) is 0 Å². The highest BCUT2D eigenvalue weighted by molar-refractivity contribution is 6.60. The van der Waals surface area contributed by atoms with Crippen LogP contribution in [-0.2, 0) is 22.8 Å². The van der Waals surface area contributed by atoms with Crippen molar-refractivity contribution in [3.05, 3.63) is 12.7 Å². The zero-order valence-electron chi connectivity index (χ0n) is 13.9. The lowest BCUT2D eigenvalue weighted by atomic mass is 10.3. The highest BCUT2D eigenvalue weighted by atomic mass is 28.4. The van der Waals surface area contributed by atoms with Crippen molar-refractivity contribution in [2.75, 3.05) is 19.8 Å². The first kappa shape index (κ1) is 20.3. The number of unbranched alkanes of at least 4 members (excludes halogenated alkanes) is 2. The van der Waals surface area contributed by atoms with E-state index in [-0.39, 0.29) is 12.1 Å². The molecule has 0 bridgehead atoms. The van der Waals surface area contributed by atoms with Gasteiger partial charge in [-0.25, -0.2) is 4.79 Å². The number of ether oxygens (including phenoxy) is 1. The smallest absolute Gasteiger partial charge is 0.463 e. The Labute approximate surface area is 130 Å². The fraction of sp³-hybridized carbons (Fsp3) is 0.800. The second-order valence-corrected chi connectivity index (χ2v) is 7.58. The number of hydrogen-bond acceptors (Lipinski definition) is 5. The molecule has 0 fully saturated rings. The van der Waals surface area contributed by atoms with Crippen molar-refractivity contribution < 1.29 is 22.8 Å². The number of esters is 1. The minimum atomic E-state index is -2.57. The summed E-state index contributed by atoms with van der Waals surface area (Å²) in [6, 6.07) is 0.794. The van der Waals surface area contributed by atoms with E-state index in [0.717, 1.165) is 25.3 Å².